The third-order valence-corrected chi connectivity index (χ3v) is 5.05. The lowest BCUT2D eigenvalue weighted by molar-refractivity contribution is 0.0907. The van der Waals surface area contributed by atoms with Crippen LogP contribution in [0.1, 0.15) is 16.2 Å². The molecule has 0 atom stereocenters. The minimum atomic E-state index is -0.480. The maximum atomic E-state index is 12.5. The fraction of sp³-hybridized carbons (Fsp3) is 0.167. The first-order valence-corrected chi connectivity index (χ1v) is 10.8. The summed E-state index contributed by atoms with van der Waals surface area (Å²) in [5, 5.41) is 11.0. The van der Waals surface area contributed by atoms with E-state index in [0.29, 0.717) is 42.4 Å². The van der Waals surface area contributed by atoms with Gasteiger partial charge in [0.05, 0.1) is 18.5 Å². The van der Waals surface area contributed by atoms with Crippen LogP contribution in [0.4, 0.5) is 0 Å². The second-order valence-corrected chi connectivity index (χ2v) is 7.51. The van der Waals surface area contributed by atoms with Crippen molar-refractivity contribution >= 4 is 11.6 Å². The van der Waals surface area contributed by atoms with Crippen molar-refractivity contribution in [3.05, 3.63) is 78.7 Å². The van der Waals surface area contributed by atoms with E-state index < -0.39 is 5.91 Å². The molecule has 5 rings (SSSR count). The molecule has 1 aromatic carbocycles. The van der Waals surface area contributed by atoms with Gasteiger partial charge in [-0.25, -0.2) is 9.50 Å². The Morgan fingerprint density at radius 3 is 2.80 bits per heavy atom. The number of carbonyl (C=O) groups is 1. The molecule has 0 radical (unpaired) electrons. The van der Waals surface area contributed by atoms with Crippen LogP contribution in [0.5, 0.6) is 5.75 Å². The number of fused-ring (bicyclic) bond motifs is 1. The number of benzene rings is 1. The van der Waals surface area contributed by atoms with E-state index in [0.717, 1.165) is 11.1 Å². The highest BCUT2D eigenvalue weighted by Crippen LogP contribution is 2.30. The lowest BCUT2D eigenvalue weighted by Gasteiger charge is -2.09. The van der Waals surface area contributed by atoms with Crippen LogP contribution in [0.2, 0.25) is 0 Å². The van der Waals surface area contributed by atoms with Crippen LogP contribution < -0.4 is 10.1 Å². The quantitative estimate of drug-likeness (QED) is 0.323. The molecule has 0 bridgehead atoms. The number of hydrogen-bond donors (Lipinski definition) is 1. The topological polar surface area (TPSA) is 130 Å². The SMILES string of the molecule is COCCOc1cc(-c2cn3ncccc3n2)cc(-c2noc(C(=O)NCc3cccnc3)n2)c1. The molecule has 0 aliphatic carbocycles. The second kappa shape index (κ2) is 10.1. The van der Waals surface area contributed by atoms with Gasteiger partial charge < -0.3 is 19.3 Å². The maximum Gasteiger partial charge on any atom is 0.316 e. The predicted octanol–water partition coefficient (Wildman–Crippen LogP) is 2.80. The van der Waals surface area contributed by atoms with E-state index in [2.05, 4.69) is 30.5 Å². The average molecular weight is 471 g/mol. The number of ether oxygens (including phenoxy) is 2. The first-order valence-electron chi connectivity index (χ1n) is 10.8. The van der Waals surface area contributed by atoms with E-state index in [1.54, 1.807) is 42.3 Å². The number of carbonyl (C=O) groups excluding carboxylic acids is 1. The monoisotopic (exact) mass is 471 g/mol. The van der Waals surface area contributed by atoms with Gasteiger partial charge in [0.25, 0.3) is 0 Å². The van der Waals surface area contributed by atoms with Crippen molar-refractivity contribution in [1.29, 1.82) is 0 Å². The van der Waals surface area contributed by atoms with Crippen LogP contribution in [-0.4, -0.2) is 56.0 Å². The highest BCUT2D eigenvalue weighted by Gasteiger charge is 2.18. The van der Waals surface area contributed by atoms with E-state index in [1.165, 1.54) is 0 Å². The molecule has 5 aromatic rings. The van der Waals surface area contributed by atoms with Crippen LogP contribution in [0.15, 0.2) is 71.8 Å². The standard InChI is InChI=1S/C24H21N7O4/c1-33-8-9-34-19-11-17(20-15-31-21(28-20)5-3-7-27-31)10-18(12-19)22-29-24(35-30-22)23(32)26-14-16-4-2-6-25-13-16/h2-7,10-13,15H,8-9,14H2,1H3,(H,26,32). The van der Waals surface area contributed by atoms with Crippen molar-refractivity contribution in [1.82, 2.24) is 35.0 Å². The summed E-state index contributed by atoms with van der Waals surface area (Å²) in [4.78, 5) is 25.4. The van der Waals surface area contributed by atoms with Crippen LogP contribution in [0.3, 0.4) is 0 Å². The molecule has 11 heteroatoms. The van der Waals surface area contributed by atoms with Gasteiger partial charge in [0, 0.05) is 43.4 Å². The first kappa shape index (κ1) is 22.2. The Balaban J connectivity index is 1.42. The van der Waals surface area contributed by atoms with Gasteiger partial charge in [-0.15, -0.1) is 0 Å². The molecule has 0 fully saturated rings. The summed E-state index contributed by atoms with van der Waals surface area (Å²) in [6.07, 6.45) is 6.85. The summed E-state index contributed by atoms with van der Waals surface area (Å²) in [5.74, 6) is 0.198. The number of nitrogens with zero attached hydrogens (tertiary/aromatic N) is 6. The lowest BCUT2D eigenvalue weighted by atomic mass is 10.1. The molecule has 4 heterocycles. The number of aromatic nitrogens is 6. The molecular formula is C24H21N7O4. The number of rotatable bonds is 9. The van der Waals surface area contributed by atoms with Gasteiger partial charge in [-0.2, -0.15) is 10.1 Å². The smallest absolute Gasteiger partial charge is 0.316 e. The van der Waals surface area contributed by atoms with Gasteiger partial charge in [0.2, 0.25) is 5.82 Å². The molecule has 0 saturated heterocycles. The first-order chi connectivity index (χ1) is 17.2. The third-order valence-electron chi connectivity index (χ3n) is 5.05. The molecule has 0 aliphatic rings. The van der Waals surface area contributed by atoms with Crippen molar-refractivity contribution in [2.45, 2.75) is 6.54 Å². The highest BCUT2D eigenvalue weighted by atomic mass is 16.5. The van der Waals surface area contributed by atoms with Gasteiger partial charge >= 0.3 is 11.8 Å². The summed E-state index contributed by atoms with van der Waals surface area (Å²) in [6, 6.07) is 12.8. The summed E-state index contributed by atoms with van der Waals surface area (Å²) in [6.45, 7) is 1.08. The van der Waals surface area contributed by atoms with E-state index in [4.69, 9.17) is 14.0 Å². The summed E-state index contributed by atoms with van der Waals surface area (Å²) < 4.78 is 17.8. The molecule has 0 unspecified atom stereocenters. The summed E-state index contributed by atoms with van der Waals surface area (Å²) in [7, 11) is 1.61. The fourth-order valence-electron chi connectivity index (χ4n) is 3.37. The van der Waals surface area contributed by atoms with E-state index >= 15 is 0 Å². The Morgan fingerprint density at radius 2 is 1.97 bits per heavy atom. The largest absolute Gasteiger partial charge is 0.491 e. The zero-order valence-electron chi connectivity index (χ0n) is 18.8. The number of methoxy groups -OCH3 is 1. The maximum absolute atomic E-state index is 12.5. The Hall–Kier alpha value is -4.64. The molecule has 4 aromatic heterocycles. The number of imidazole rings is 1. The number of amides is 1. The van der Waals surface area contributed by atoms with Crippen molar-refractivity contribution in [2.24, 2.45) is 0 Å². The van der Waals surface area contributed by atoms with Crippen molar-refractivity contribution in [2.75, 3.05) is 20.3 Å². The Bertz CT molecular complexity index is 1420. The van der Waals surface area contributed by atoms with Crippen LogP contribution in [-0.2, 0) is 11.3 Å². The van der Waals surface area contributed by atoms with E-state index in [-0.39, 0.29) is 11.7 Å². The minimum Gasteiger partial charge on any atom is -0.491 e. The van der Waals surface area contributed by atoms with E-state index in [9.17, 15) is 4.79 Å². The molecule has 0 spiro atoms. The minimum absolute atomic E-state index is 0.145. The molecule has 176 valence electrons. The van der Waals surface area contributed by atoms with Crippen LogP contribution in [0, 0.1) is 0 Å². The second-order valence-electron chi connectivity index (χ2n) is 7.51. The van der Waals surface area contributed by atoms with Crippen LogP contribution in [0.25, 0.3) is 28.3 Å². The average Bonchev–Trinajstić information content (AvgIpc) is 3.56. The Morgan fingerprint density at radius 1 is 1.09 bits per heavy atom. The molecule has 0 aliphatic heterocycles. The Labute approximate surface area is 199 Å². The molecule has 35 heavy (non-hydrogen) atoms. The predicted molar refractivity (Wildman–Crippen MR) is 124 cm³/mol. The zero-order valence-corrected chi connectivity index (χ0v) is 18.8. The Kier molecular flexibility index (Phi) is 6.39. The van der Waals surface area contributed by atoms with Gasteiger partial charge in [-0.05, 0) is 42.0 Å². The number of pyridine rings is 1. The van der Waals surface area contributed by atoms with Gasteiger partial charge in [-0.1, -0.05) is 11.2 Å². The van der Waals surface area contributed by atoms with Crippen molar-refractivity contribution in [3.63, 3.8) is 0 Å². The molecule has 0 saturated carbocycles. The third kappa shape index (κ3) is 5.14. The molecule has 11 nitrogen and oxygen atoms in total. The molecular weight excluding hydrogens is 450 g/mol. The van der Waals surface area contributed by atoms with Gasteiger partial charge in [-0.3, -0.25) is 9.78 Å². The fourth-order valence-corrected chi connectivity index (χ4v) is 3.37. The van der Waals surface area contributed by atoms with Crippen molar-refractivity contribution < 1.29 is 18.8 Å². The molecule has 1 N–H and O–H groups in total. The van der Waals surface area contributed by atoms with Crippen molar-refractivity contribution in [3.8, 4) is 28.4 Å². The normalized spacial score (nSPS) is 11.0. The van der Waals surface area contributed by atoms with E-state index in [1.807, 2.05) is 36.5 Å². The number of hydrogen-bond acceptors (Lipinski definition) is 9. The zero-order chi connectivity index (χ0) is 24.0. The van der Waals surface area contributed by atoms with Gasteiger partial charge in [0.15, 0.2) is 5.65 Å². The van der Waals surface area contributed by atoms with Crippen LogP contribution >= 0.6 is 0 Å². The lowest BCUT2D eigenvalue weighted by Crippen LogP contribution is -2.23. The molecule has 1 amide bonds. The highest BCUT2D eigenvalue weighted by molar-refractivity contribution is 5.90. The summed E-state index contributed by atoms with van der Waals surface area (Å²) in [5.41, 5.74) is 3.64. The number of nitrogens with one attached hydrogen (secondary N) is 1. The summed E-state index contributed by atoms with van der Waals surface area (Å²) >= 11 is 0. The van der Waals surface area contributed by atoms with Gasteiger partial charge in [0.1, 0.15) is 12.4 Å².